The smallest absolute Gasteiger partial charge is 0.340 e. The number of benzene rings is 2. The molecule has 2 aromatic carbocycles. The van der Waals surface area contributed by atoms with Gasteiger partial charge >= 0.3 is 11.9 Å². The number of carbonyl (C=O) groups excluding carboxylic acids is 1. The number of methoxy groups -OCH3 is 2. The molecule has 1 atom stereocenters. The number of carboxylic acid groups (broad SMARTS) is 1. The van der Waals surface area contributed by atoms with E-state index in [2.05, 4.69) is 4.99 Å². The topological polar surface area (TPSA) is 116 Å². The molecule has 0 radical (unpaired) electrons. The van der Waals surface area contributed by atoms with Crippen molar-refractivity contribution in [3.63, 3.8) is 0 Å². The molecule has 0 saturated heterocycles. The molecular formula is C26H24N2O7S. The number of carboxylic acids is 1. The second-order valence-corrected chi connectivity index (χ2v) is 8.79. The van der Waals surface area contributed by atoms with Gasteiger partial charge in [0.15, 0.2) is 16.3 Å². The third-order valence-corrected chi connectivity index (χ3v) is 6.69. The predicted octanol–water partition coefficient (Wildman–Crippen LogP) is 2.51. The van der Waals surface area contributed by atoms with Gasteiger partial charge < -0.3 is 19.3 Å². The summed E-state index contributed by atoms with van der Waals surface area (Å²) in [5.41, 5.74) is 1.17. The summed E-state index contributed by atoms with van der Waals surface area (Å²) in [6.45, 7) is 3.60. The van der Waals surface area contributed by atoms with E-state index in [0.717, 1.165) is 16.9 Å². The molecule has 1 aromatic heterocycles. The summed E-state index contributed by atoms with van der Waals surface area (Å²) in [7, 11) is 2.76. The van der Waals surface area contributed by atoms with E-state index in [1.54, 1.807) is 26.0 Å². The van der Waals surface area contributed by atoms with E-state index in [-0.39, 0.29) is 39.3 Å². The van der Waals surface area contributed by atoms with E-state index in [4.69, 9.17) is 14.2 Å². The second-order valence-electron chi connectivity index (χ2n) is 7.78. The third-order valence-electron chi connectivity index (χ3n) is 5.71. The van der Waals surface area contributed by atoms with Crippen LogP contribution in [0.4, 0.5) is 0 Å². The number of thiazole rings is 1. The molecule has 1 N–H and O–H groups in total. The Kier molecular flexibility index (Phi) is 7.07. The van der Waals surface area contributed by atoms with E-state index in [0.29, 0.717) is 10.5 Å². The van der Waals surface area contributed by atoms with Crippen LogP contribution in [0.3, 0.4) is 0 Å². The van der Waals surface area contributed by atoms with Crippen LogP contribution < -0.4 is 24.4 Å². The number of carbonyl (C=O) groups is 2. The summed E-state index contributed by atoms with van der Waals surface area (Å²) in [6.07, 6.45) is 1.49. The number of aromatic carboxylic acids is 1. The lowest BCUT2D eigenvalue weighted by Gasteiger charge is -2.24. The number of hydrogen-bond donors (Lipinski definition) is 1. The largest absolute Gasteiger partial charge is 0.493 e. The average molecular weight is 509 g/mol. The van der Waals surface area contributed by atoms with Crippen LogP contribution in [-0.4, -0.2) is 42.4 Å². The van der Waals surface area contributed by atoms with Crippen molar-refractivity contribution in [3.05, 3.63) is 90.1 Å². The summed E-state index contributed by atoms with van der Waals surface area (Å²) in [5.74, 6) is -1.47. The molecule has 0 saturated carbocycles. The zero-order chi connectivity index (χ0) is 26.0. The molecule has 1 unspecified atom stereocenters. The maximum absolute atomic E-state index is 13.7. The van der Waals surface area contributed by atoms with Gasteiger partial charge in [-0.2, -0.15) is 0 Å². The molecule has 10 heteroatoms. The summed E-state index contributed by atoms with van der Waals surface area (Å²) >= 11 is 1.11. The van der Waals surface area contributed by atoms with Crippen molar-refractivity contribution in [1.29, 1.82) is 0 Å². The molecule has 1 aliphatic heterocycles. The quantitative estimate of drug-likeness (QED) is 0.488. The van der Waals surface area contributed by atoms with E-state index in [1.165, 1.54) is 24.9 Å². The van der Waals surface area contributed by atoms with Gasteiger partial charge in [0.1, 0.15) is 5.56 Å². The van der Waals surface area contributed by atoms with E-state index >= 15 is 0 Å². The fraction of sp³-hybridized carbons (Fsp3) is 0.231. The normalized spacial score (nSPS) is 15.2. The Hall–Kier alpha value is -4.18. The third kappa shape index (κ3) is 4.31. The summed E-state index contributed by atoms with van der Waals surface area (Å²) in [6, 6.07) is 11.5. The molecule has 36 heavy (non-hydrogen) atoms. The highest BCUT2D eigenvalue weighted by Gasteiger charge is 2.33. The van der Waals surface area contributed by atoms with E-state index < -0.39 is 23.5 Å². The van der Waals surface area contributed by atoms with Gasteiger partial charge in [0, 0.05) is 0 Å². The Bertz CT molecular complexity index is 1550. The number of allylic oxidation sites excluding steroid dienone is 1. The fourth-order valence-electron chi connectivity index (χ4n) is 4.17. The van der Waals surface area contributed by atoms with Gasteiger partial charge in [-0.3, -0.25) is 9.36 Å². The number of rotatable bonds is 7. The summed E-state index contributed by atoms with van der Waals surface area (Å²) in [4.78, 5) is 43.6. The minimum Gasteiger partial charge on any atom is -0.493 e. The summed E-state index contributed by atoms with van der Waals surface area (Å²) in [5, 5.41) is 9.87. The lowest BCUT2D eigenvalue weighted by molar-refractivity contribution is -0.139. The van der Waals surface area contributed by atoms with Crippen molar-refractivity contribution in [2.24, 2.45) is 4.99 Å². The number of fused-ring (bicyclic) bond motifs is 1. The molecule has 9 nitrogen and oxygen atoms in total. The molecule has 4 rings (SSSR count). The number of ether oxygens (including phenoxy) is 3. The van der Waals surface area contributed by atoms with Crippen LogP contribution in [0, 0.1) is 0 Å². The second kappa shape index (κ2) is 10.2. The zero-order valence-corrected chi connectivity index (χ0v) is 20.9. The first-order valence-electron chi connectivity index (χ1n) is 11.0. The lowest BCUT2D eigenvalue weighted by atomic mass is 9.96. The molecule has 0 fully saturated rings. The van der Waals surface area contributed by atoms with Crippen molar-refractivity contribution < 1.29 is 28.9 Å². The Labute approximate surface area is 210 Å². The Morgan fingerprint density at radius 1 is 1.14 bits per heavy atom. The minimum atomic E-state index is -1.23. The molecule has 3 aromatic rings. The number of nitrogens with zero attached hydrogens (tertiary/aromatic N) is 2. The standard InChI is InChI=1S/C26H24N2O7S/c1-5-35-25(32)19-14(2)27-26-28(21(19)15-9-7-6-8-10-15)23(29)18(36-26)13-16-11-12-17(33-3)22(34-4)20(16)24(30)31/h6-13,21H,5H2,1-4H3,(H,30,31). The van der Waals surface area contributed by atoms with Gasteiger partial charge in [-0.25, -0.2) is 14.6 Å². The zero-order valence-electron chi connectivity index (χ0n) is 20.1. The highest BCUT2D eigenvalue weighted by atomic mass is 32.1. The molecule has 0 aliphatic carbocycles. The first-order chi connectivity index (χ1) is 17.3. The van der Waals surface area contributed by atoms with Crippen molar-refractivity contribution in [1.82, 2.24) is 4.57 Å². The van der Waals surface area contributed by atoms with Gasteiger partial charge in [0.25, 0.3) is 5.56 Å². The molecule has 0 bridgehead atoms. The van der Waals surface area contributed by atoms with Crippen LogP contribution in [-0.2, 0) is 9.53 Å². The number of esters is 1. The molecule has 0 spiro atoms. The van der Waals surface area contributed by atoms with Crippen LogP contribution >= 0.6 is 11.3 Å². The Balaban J connectivity index is 1.99. The molecule has 2 heterocycles. The van der Waals surface area contributed by atoms with Gasteiger partial charge in [0.2, 0.25) is 0 Å². The minimum absolute atomic E-state index is 0.0501. The van der Waals surface area contributed by atoms with E-state index in [1.807, 2.05) is 30.3 Å². The molecular weight excluding hydrogens is 484 g/mol. The number of hydrogen-bond acceptors (Lipinski definition) is 8. The maximum atomic E-state index is 13.7. The van der Waals surface area contributed by atoms with Gasteiger partial charge in [0.05, 0.1) is 42.7 Å². The van der Waals surface area contributed by atoms with Crippen LogP contribution in [0.15, 0.2) is 63.5 Å². The molecule has 0 amide bonds. The van der Waals surface area contributed by atoms with Gasteiger partial charge in [-0.1, -0.05) is 47.7 Å². The lowest BCUT2D eigenvalue weighted by Crippen LogP contribution is -2.39. The molecule has 186 valence electrons. The predicted molar refractivity (Wildman–Crippen MR) is 133 cm³/mol. The Morgan fingerprint density at radius 2 is 1.86 bits per heavy atom. The SMILES string of the molecule is CCOC(=O)C1=C(C)N=c2sc(=Cc3ccc(OC)c(OC)c3C(=O)O)c(=O)n2C1c1ccccc1. The number of aromatic nitrogens is 1. The van der Waals surface area contributed by atoms with Crippen molar-refractivity contribution in [2.75, 3.05) is 20.8 Å². The maximum Gasteiger partial charge on any atom is 0.340 e. The van der Waals surface area contributed by atoms with Crippen LogP contribution in [0.1, 0.15) is 41.4 Å². The van der Waals surface area contributed by atoms with Crippen LogP contribution in [0.2, 0.25) is 0 Å². The van der Waals surface area contributed by atoms with Crippen molar-refractivity contribution in [3.8, 4) is 11.5 Å². The first kappa shape index (κ1) is 24.9. The summed E-state index contributed by atoms with van der Waals surface area (Å²) < 4.78 is 17.5. The average Bonchev–Trinajstić information content (AvgIpc) is 3.17. The van der Waals surface area contributed by atoms with Gasteiger partial charge in [-0.05, 0) is 37.1 Å². The van der Waals surface area contributed by atoms with Crippen LogP contribution in [0.25, 0.3) is 6.08 Å². The highest BCUT2D eigenvalue weighted by molar-refractivity contribution is 7.07. The van der Waals surface area contributed by atoms with E-state index in [9.17, 15) is 19.5 Å². The monoisotopic (exact) mass is 508 g/mol. The molecule has 1 aliphatic rings. The van der Waals surface area contributed by atoms with Crippen molar-refractivity contribution in [2.45, 2.75) is 19.9 Å². The van der Waals surface area contributed by atoms with Gasteiger partial charge in [-0.15, -0.1) is 0 Å². The fourth-order valence-corrected chi connectivity index (χ4v) is 5.20. The Morgan fingerprint density at radius 3 is 2.47 bits per heavy atom. The van der Waals surface area contributed by atoms with Crippen molar-refractivity contribution >= 4 is 29.4 Å². The van der Waals surface area contributed by atoms with Crippen LogP contribution in [0.5, 0.6) is 11.5 Å². The highest BCUT2D eigenvalue weighted by Crippen LogP contribution is 2.34. The first-order valence-corrected chi connectivity index (χ1v) is 11.9.